The quantitative estimate of drug-likeness (QED) is 0.868. The first-order valence-corrected chi connectivity index (χ1v) is 6.20. The van der Waals surface area contributed by atoms with Crippen molar-refractivity contribution >= 4 is 5.97 Å². The summed E-state index contributed by atoms with van der Waals surface area (Å²) in [7, 11) is 1.71. The summed E-state index contributed by atoms with van der Waals surface area (Å²) in [5.74, 6) is -0.858. The minimum absolute atomic E-state index is 0.375. The SMILES string of the molecule is COCCC(C)N1Cc2ccc(C(=O)O)cc2C1. The van der Waals surface area contributed by atoms with Gasteiger partial charge in [-0.3, -0.25) is 4.90 Å². The first-order chi connectivity index (χ1) is 8.61. The van der Waals surface area contributed by atoms with Crippen LogP contribution in [0.25, 0.3) is 0 Å². The van der Waals surface area contributed by atoms with Crippen molar-refractivity contribution in [1.82, 2.24) is 4.90 Å². The third-order valence-electron chi connectivity index (χ3n) is 3.56. The number of hydrogen-bond donors (Lipinski definition) is 1. The highest BCUT2D eigenvalue weighted by Crippen LogP contribution is 2.26. The molecule has 0 spiro atoms. The lowest BCUT2D eigenvalue weighted by Gasteiger charge is -2.23. The summed E-state index contributed by atoms with van der Waals surface area (Å²) in [5, 5.41) is 8.98. The van der Waals surface area contributed by atoms with Crippen molar-refractivity contribution in [2.24, 2.45) is 0 Å². The van der Waals surface area contributed by atoms with Crippen LogP contribution in [0.15, 0.2) is 18.2 Å². The molecule has 1 unspecified atom stereocenters. The predicted molar refractivity (Wildman–Crippen MR) is 68.6 cm³/mol. The van der Waals surface area contributed by atoms with Crippen molar-refractivity contribution in [3.8, 4) is 0 Å². The van der Waals surface area contributed by atoms with E-state index in [1.54, 1.807) is 19.2 Å². The Labute approximate surface area is 107 Å². The maximum atomic E-state index is 10.9. The van der Waals surface area contributed by atoms with Crippen LogP contribution in [0.5, 0.6) is 0 Å². The molecule has 0 saturated carbocycles. The van der Waals surface area contributed by atoms with Gasteiger partial charge in [-0.1, -0.05) is 6.07 Å². The van der Waals surface area contributed by atoms with Gasteiger partial charge < -0.3 is 9.84 Å². The largest absolute Gasteiger partial charge is 0.478 e. The van der Waals surface area contributed by atoms with Crippen LogP contribution >= 0.6 is 0 Å². The molecule has 98 valence electrons. The second-order valence-electron chi connectivity index (χ2n) is 4.82. The average molecular weight is 249 g/mol. The molecule has 0 amide bonds. The van der Waals surface area contributed by atoms with Crippen LogP contribution in [0.1, 0.15) is 34.8 Å². The van der Waals surface area contributed by atoms with Gasteiger partial charge in [0, 0.05) is 32.8 Å². The van der Waals surface area contributed by atoms with E-state index in [9.17, 15) is 4.79 Å². The molecule has 0 bridgehead atoms. The van der Waals surface area contributed by atoms with E-state index in [4.69, 9.17) is 9.84 Å². The number of carboxylic acid groups (broad SMARTS) is 1. The van der Waals surface area contributed by atoms with Crippen LogP contribution in [-0.4, -0.2) is 35.7 Å². The molecule has 4 heteroatoms. The molecule has 2 rings (SSSR count). The van der Waals surface area contributed by atoms with Crippen molar-refractivity contribution in [3.63, 3.8) is 0 Å². The molecule has 1 aliphatic heterocycles. The predicted octanol–water partition coefficient (Wildman–Crippen LogP) is 2.13. The Morgan fingerprint density at radius 2 is 2.17 bits per heavy atom. The third kappa shape index (κ3) is 2.71. The number of ether oxygens (including phenoxy) is 1. The number of carbonyl (C=O) groups is 1. The normalized spacial score (nSPS) is 16.6. The molecule has 0 aliphatic carbocycles. The smallest absolute Gasteiger partial charge is 0.335 e. The molecule has 0 fully saturated rings. The summed E-state index contributed by atoms with van der Waals surface area (Å²) >= 11 is 0. The van der Waals surface area contributed by atoms with Crippen LogP contribution in [-0.2, 0) is 17.8 Å². The average Bonchev–Trinajstić information content (AvgIpc) is 2.78. The van der Waals surface area contributed by atoms with Gasteiger partial charge in [0.1, 0.15) is 0 Å². The summed E-state index contributed by atoms with van der Waals surface area (Å²) in [6.45, 7) is 4.68. The minimum atomic E-state index is -0.858. The minimum Gasteiger partial charge on any atom is -0.478 e. The maximum Gasteiger partial charge on any atom is 0.335 e. The van der Waals surface area contributed by atoms with Gasteiger partial charge in [0.05, 0.1) is 5.56 Å². The highest BCUT2D eigenvalue weighted by Gasteiger charge is 2.23. The number of benzene rings is 1. The lowest BCUT2D eigenvalue weighted by Crippen LogP contribution is -2.28. The van der Waals surface area contributed by atoms with E-state index in [0.717, 1.165) is 31.7 Å². The van der Waals surface area contributed by atoms with Crippen LogP contribution in [0.3, 0.4) is 0 Å². The third-order valence-corrected chi connectivity index (χ3v) is 3.56. The molecule has 0 radical (unpaired) electrons. The van der Waals surface area contributed by atoms with Gasteiger partial charge in [-0.05, 0) is 36.6 Å². The molecule has 0 aromatic heterocycles. The van der Waals surface area contributed by atoms with Crippen LogP contribution in [0.2, 0.25) is 0 Å². The van der Waals surface area contributed by atoms with E-state index in [0.29, 0.717) is 11.6 Å². The van der Waals surface area contributed by atoms with E-state index in [2.05, 4.69) is 11.8 Å². The second kappa shape index (κ2) is 5.50. The molecule has 18 heavy (non-hydrogen) atoms. The molecule has 4 nitrogen and oxygen atoms in total. The Bertz CT molecular complexity index is 445. The number of carboxylic acids is 1. The molecule has 1 aliphatic rings. The van der Waals surface area contributed by atoms with Crippen LogP contribution < -0.4 is 0 Å². The van der Waals surface area contributed by atoms with Gasteiger partial charge in [-0.25, -0.2) is 4.79 Å². The lowest BCUT2D eigenvalue weighted by atomic mass is 10.1. The Hall–Kier alpha value is -1.39. The number of hydrogen-bond acceptors (Lipinski definition) is 3. The summed E-state index contributed by atoms with van der Waals surface area (Å²) in [6, 6.07) is 5.86. The molecular weight excluding hydrogens is 230 g/mol. The first-order valence-electron chi connectivity index (χ1n) is 6.20. The number of methoxy groups -OCH3 is 1. The molecule has 1 N–H and O–H groups in total. The summed E-state index contributed by atoms with van der Waals surface area (Å²) in [5.41, 5.74) is 2.75. The van der Waals surface area contributed by atoms with Gasteiger partial charge in [-0.15, -0.1) is 0 Å². The summed E-state index contributed by atoms with van der Waals surface area (Å²) < 4.78 is 5.10. The van der Waals surface area contributed by atoms with E-state index < -0.39 is 5.97 Å². The number of nitrogens with zero attached hydrogens (tertiary/aromatic N) is 1. The Kier molecular flexibility index (Phi) is 3.99. The van der Waals surface area contributed by atoms with Crippen LogP contribution in [0.4, 0.5) is 0 Å². The molecule has 1 atom stereocenters. The summed E-state index contributed by atoms with van der Waals surface area (Å²) in [6.07, 6.45) is 0.996. The van der Waals surface area contributed by atoms with Gasteiger partial charge in [0.25, 0.3) is 0 Å². The zero-order valence-corrected chi connectivity index (χ0v) is 10.8. The van der Waals surface area contributed by atoms with Gasteiger partial charge in [0.2, 0.25) is 0 Å². The number of fused-ring (bicyclic) bond motifs is 1. The van der Waals surface area contributed by atoms with E-state index in [-0.39, 0.29) is 0 Å². The van der Waals surface area contributed by atoms with Crippen LogP contribution in [0, 0.1) is 0 Å². The van der Waals surface area contributed by atoms with E-state index >= 15 is 0 Å². The topological polar surface area (TPSA) is 49.8 Å². The maximum absolute atomic E-state index is 10.9. The van der Waals surface area contributed by atoms with Crippen molar-refractivity contribution in [1.29, 1.82) is 0 Å². The van der Waals surface area contributed by atoms with Gasteiger partial charge >= 0.3 is 5.97 Å². The van der Waals surface area contributed by atoms with E-state index in [1.165, 1.54) is 5.56 Å². The highest BCUT2D eigenvalue weighted by molar-refractivity contribution is 5.87. The van der Waals surface area contributed by atoms with Crippen molar-refractivity contribution in [2.45, 2.75) is 32.5 Å². The highest BCUT2D eigenvalue weighted by atomic mass is 16.5. The monoisotopic (exact) mass is 249 g/mol. The zero-order valence-electron chi connectivity index (χ0n) is 10.8. The molecule has 0 saturated heterocycles. The summed E-state index contributed by atoms with van der Waals surface area (Å²) in [4.78, 5) is 13.3. The Morgan fingerprint density at radius 1 is 1.44 bits per heavy atom. The van der Waals surface area contributed by atoms with Crippen molar-refractivity contribution in [2.75, 3.05) is 13.7 Å². The second-order valence-corrected chi connectivity index (χ2v) is 4.82. The van der Waals surface area contributed by atoms with Crippen molar-refractivity contribution < 1.29 is 14.6 Å². The first kappa shape index (κ1) is 13.1. The van der Waals surface area contributed by atoms with Crippen molar-refractivity contribution in [3.05, 3.63) is 34.9 Å². The molecule has 1 heterocycles. The standard InChI is InChI=1S/C14H19NO3/c1-10(5-6-18-2)15-8-12-4-3-11(14(16)17)7-13(12)9-15/h3-4,7,10H,5-6,8-9H2,1-2H3,(H,16,17). The lowest BCUT2D eigenvalue weighted by molar-refractivity contribution is 0.0696. The number of rotatable bonds is 5. The Balaban J connectivity index is 2.05. The fraction of sp³-hybridized carbons (Fsp3) is 0.500. The van der Waals surface area contributed by atoms with Gasteiger partial charge in [0.15, 0.2) is 0 Å². The number of aromatic carboxylic acids is 1. The van der Waals surface area contributed by atoms with E-state index in [1.807, 2.05) is 6.07 Å². The molecular formula is C14H19NO3. The molecule has 1 aromatic carbocycles. The fourth-order valence-electron chi connectivity index (χ4n) is 2.34. The Morgan fingerprint density at radius 3 is 2.83 bits per heavy atom. The zero-order chi connectivity index (χ0) is 13.1. The fourth-order valence-corrected chi connectivity index (χ4v) is 2.34. The molecule has 1 aromatic rings. The van der Waals surface area contributed by atoms with Gasteiger partial charge in [-0.2, -0.15) is 0 Å².